The Hall–Kier alpha value is -1.29. The number of aryl methyl sites for hydroxylation is 1. The molecule has 1 amide bonds. The van der Waals surface area contributed by atoms with Gasteiger partial charge in [-0.15, -0.1) is 0 Å². The molecule has 0 bridgehead atoms. The van der Waals surface area contributed by atoms with Gasteiger partial charge in [0.1, 0.15) is 5.76 Å². The number of furan rings is 1. The van der Waals surface area contributed by atoms with Crippen LogP contribution in [0, 0.1) is 6.92 Å². The van der Waals surface area contributed by atoms with E-state index >= 15 is 0 Å². The smallest absolute Gasteiger partial charge is 0.287 e. The molecule has 0 saturated heterocycles. The Bertz CT molecular complexity index is 306. The van der Waals surface area contributed by atoms with Gasteiger partial charge < -0.3 is 14.5 Å². The zero-order valence-electron chi connectivity index (χ0n) is 8.66. The lowest BCUT2D eigenvalue weighted by Crippen LogP contribution is -2.35. The Morgan fingerprint density at radius 2 is 2.36 bits per heavy atom. The van der Waals surface area contributed by atoms with E-state index < -0.39 is 0 Å². The third-order valence-corrected chi connectivity index (χ3v) is 1.76. The maximum Gasteiger partial charge on any atom is 0.287 e. The van der Waals surface area contributed by atoms with Gasteiger partial charge in [-0.1, -0.05) is 0 Å². The molecule has 0 aromatic carbocycles. The predicted molar refractivity (Wildman–Crippen MR) is 52.2 cm³/mol. The van der Waals surface area contributed by atoms with Gasteiger partial charge in [0.25, 0.3) is 5.91 Å². The highest BCUT2D eigenvalue weighted by Crippen LogP contribution is 2.05. The fourth-order valence-corrected chi connectivity index (χ4v) is 1.14. The summed E-state index contributed by atoms with van der Waals surface area (Å²) < 4.78 is 10.1. The molecular weight excluding hydrogens is 182 g/mol. The van der Waals surface area contributed by atoms with Crippen LogP contribution in [0.15, 0.2) is 16.5 Å². The Morgan fingerprint density at radius 1 is 1.64 bits per heavy atom. The number of hydrogen-bond donors (Lipinski definition) is 1. The molecule has 0 spiro atoms. The van der Waals surface area contributed by atoms with Crippen molar-refractivity contribution >= 4 is 5.91 Å². The highest BCUT2D eigenvalue weighted by atomic mass is 16.5. The van der Waals surface area contributed by atoms with Crippen LogP contribution in [-0.4, -0.2) is 25.7 Å². The predicted octanol–water partition coefficient (Wildman–Crippen LogP) is 1.35. The summed E-state index contributed by atoms with van der Waals surface area (Å²) in [5, 5.41) is 2.75. The van der Waals surface area contributed by atoms with Crippen LogP contribution in [0.3, 0.4) is 0 Å². The molecule has 14 heavy (non-hydrogen) atoms. The molecule has 1 heterocycles. The number of amides is 1. The highest BCUT2D eigenvalue weighted by Gasteiger charge is 2.12. The third kappa shape index (κ3) is 2.88. The van der Waals surface area contributed by atoms with Crippen molar-refractivity contribution in [1.82, 2.24) is 5.32 Å². The van der Waals surface area contributed by atoms with Crippen molar-refractivity contribution in [3.63, 3.8) is 0 Å². The first-order valence-electron chi connectivity index (χ1n) is 4.49. The van der Waals surface area contributed by atoms with Gasteiger partial charge in [-0.3, -0.25) is 4.79 Å². The molecule has 0 aliphatic rings. The first-order valence-corrected chi connectivity index (χ1v) is 4.49. The molecule has 0 aliphatic heterocycles. The van der Waals surface area contributed by atoms with Gasteiger partial charge in [-0.25, -0.2) is 0 Å². The van der Waals surface area contributed by atoms with E-state index in [0.717, 1.165) is 5.76 Å². The van der Waals surface area contributed by atoms with Gasteiger partial charge in [0, 0.05) is 13.2 Å². The summed E-state index contributed by atoms with van der Waals surface area (Å²) in [6.07, 6.45) is 0. The second-order valence-corrected chi connectivity index (χ2v) is 3.24. The largest absolute Gasteiger partial charge is 0.456 e. The average Bonchev–Trinajstić information content (AvgIpc) is 2.52. The summed E-state index contributed by atoms with van der Waals surface area (Å²) >= 11 is 0. The number of rotatable bonds is 4. The van der Waals surface area contributed by atoms with Crippen LogP contribution in [-0.2, 0) is 4.74 Å². The minimum atomic E-state index is -0.206. The SMILES string of the molecule is COCC(C)NC(=O)c1ccc(C)o1. The summed E-state index contributed by atoms with van der Waals surface area (Å²) in [6, 6.07) is 3.40. The minimum absolute atomic E-state index is 0.0158. The topological polar surface area (TPSA) is 51.5 Å². The zero-order valence-corrected chi connectivity index (χ0v) is 8.66. The van der Waals surface area contributed by atoms with E-state index in [4.69, 9.17) is 9.15 Å². The first kappa shape index (κ1) is 10.8. The summed E-state index contributed by atoms with van der Waals surface area (Å²) in [6.45, 7) is 4.16. The van der Waals surface area contributed by atoms with Crippen LogP contribution in [0.2, 0.25) is 0 Å². The fourth-order valence-electron chi connectivity index (χ4n) is 1.14. The van der Waals surface area contributed by atoms with Crippen molar-refractivity contribution in [1.29, 1.82) is 0 Å². The molecule has 0 fully saturated rings. The highest BCUT2D eigenvalue weighted by molar-refractivity contribution is 5.91. The van der Waals surface area contributed by atoms with E-state index in [1.165, 1.54) is 0 Å². The van der Waals surface area contributed by atoms with Gasteiger partial charge in [0.2, 0.25) is 0 Å². The van der Waals surface area contributed by atoms with Crippen molar-refractivity contribution in [3.05, 3.63) is 23.7 Å². The number of methoxy groups -OCH3 is 1. The normalized spacial score (nSPS) is 12.5. The Kier molecular flexibility index (Phi) is 3.71. The third-order valence-electron chi connectivity index (χ3n) is 1.76. The average molecular weight is 197 g/mol. The van der Waals surface area contributed by atoms with Gasteiger partial charge in [-0.05, 0) is 26.0 Å². The molecule has 1 N–H and O–H groups in total. The van der Waals surface area contributed by atoms with E-state index in [-0.39, 0.29) is 11.9 Å². The molecular formula is C10H15NO3. The van der Waals surface area contributed by atoms with Crippen LogP contribution in [0.4, 0.5) is 0 Å². The zero-order chi connectivity index (χ0) is 10.6. The molecule has 1 rings (SSSR count). The van der Waals surface area contributed by atoms with Crippen LogP contribution in [0.1, 0.15) is 23.2 Å². The number of ether oxygens (including phenoxy) is 1. The van der Waals surface area contributed by atoms with E-state index in [1.807, 2.05) is 6.92 Å². The van der Waals surface area contributed by atoms with E-state index in [0.29, 0.717) is 12.4 Å². The maximum absolute atomic E-state index is 11.5. The quantitative estimate of drug-likeness (QED) is 0.792. The molecule has 1 aromatic heterocycles. The Balaban J connectivity index is 2.50. The summed E-state index contributed by atoms with van der Waals surface area (Å²) in [7, 11) is 1.60. The van der Waals surface area contributed by atoms with Crippen LogP contribution in [0.25, 0.3) is 0 Å². The summed E-state index contributed by atoms with van der Waals surface area (Å²) in [4.78, 5) is 11.5. The van der Waals surface area contributed by atoms with Crippen molar-refractivity contribution in [2.45, 2.75) is 19.9 Å². The number of hydrogen-bond acceptors (Lipinski definition) is 3. The lowest BCUT2D eigenvalue weighted by molar-refractivity contribution is 0.0877. The lowest BCUT2D eigenvalue weighted by Gasteiger charge is -2.10. The lowest BCUT2D eigenvalue weighted by atomic mass is 10.3. The Labute approximate surface area is 83.2 Å². The molecule has 1 unspecified atom stereocenters. The second kappa shape index (κ2) is 4.81. The molecule has 1 aromatic rings. The van der Waals surface area contributed by atoms with Gasteiger partial charge in [0.05, 0.1) is 6.61 Å². The second-order valence-electron chi connectivity index (χ2n) is 3.24. The van der Waals surface area contributed by atoms with Gasteiger partial charge in [-0.2, -0.15) is 0 Å². The molecule has 4 heteroatoms. The van der Waals surface area contributed by atoms with Gasteiger partial charge in [0.15, 0.2) is 5.76 Å². The fraction of sp³-hybridized carbons (Fsp3) is 0.500. The molecule has 4 nitrogen and oxygen atoms in total. The Morgan fingerprint density at radius 3 is 2.86 bits per heavy atom. The van der Waals surface area contributed by atoms with E-state index in [1.54, 1.807) is 26.2 Å². The van der Waals surface area contributed by atoms with E-state index in [2.05, 4.69) is 5.32 Å². The molecule has 0 radical (unpaired) electrons. The number of nitrogens with one attached hydrogen (secondary N) is 1. The molecule has 78 valence electrons. The van der Waals surface area contributed by atoms with Crippen LogP contribution in [0.5, 0.6) is 0 Å². The number of carbonyl (C=O) groups excluding carboxylic acids is 1. The summed E-state index contributed by atoms with van der Waals surface area (Å²) in [5.41, 5.74) is 0. The molecule has 1 atom stereocenters. The van der Waals surface area contributed by atoms with Crippen LogP contribution >= 0.6 is 0 Å². The van der Waals surface area contributed by atoms with Crippen LogP contribution < -0.4 is 5.32 Å². The number of carbonyl (C=O) groups is 1. The monoisotopic (exact) mass is 197 g/mol. The molecule has 0 saturated carbocycles. The standard InChI is InChI=1S/C10H15NO3/c1-7(6-13-3)11-10(12)9-5-4-8(2)14-9/h4-5,7H,6H2,1-3H3,(H,11,12). The van der Waals surface area contributed by atoms with Crippen molar-refractivity contribution in [2.24, 2.45) is 0 Å². The van der Waals surface area contributed by atoms with Crippen molar-refractivity contribution < 1.29 is 13.9 Å². The van der Waals surface area contributed by atoms with E-state index in [9.17, 15) is 4.79 Å². The minimum Gasteiger partial charge on any atom is -0.456 e. The van der Waals surface area contributed by atoms with Crippen molar-refractivity contribution in [3.8, 4) is 0 Å². The van der Waals surface area contributed by atoms with Gasteiger partial charge >= 0.3 is 0 Å². The summed E-state index contributed by atoms with van der Waals surface area (Å²) in [5.74, 6) is 0.864. The first-order chi connectivity index (χ1) is 6.63. The molecule has 0 aliphatic carbocycles. The maximum atomic E-state index is 11.5. The van der Waals surface area contributed by atoms with Crippen molar-refractivity contribution in [2.75, 3.05) is 13.7 Å².